The van der Waals surface area contributed by atoms with E-state index in [0.717, 1.165) is 43.6 Å². The normalized spacial score (nSPS) is 20.0. The molecule has 4 heteroatoms. The zero-order valence-corrected chi connectivity index (χ0v) is 13.1. The maximum Gasteiger partial charge on any atom is 0.123 e. The van der Waals surface area contributed by atoms with Crippen molar-refractivity contribution in [2.24, 2.45) is 0 Å². The van der Waals surface area contributed by atoms with E-state index in [9.17, 15) is 4.39 Å². The summed E-state index contributed by atoms with van der Waals surface area (Å²) in [6.07, 6.45) is 4.16. The lowest BCUT2D eigenvalue weighted by atomic mass is 10.0. The highest BCUT2D eigenvalue weighted by Crippen LogP contribution is 2.34. The minimum Gasteiger partial charge on any atom is -0.396 e. The van der Waals surface area contributed by atoms with Gasteiger partial charge in [0.2, 0.25) is 0 Å². The van der Waals surface area contributed by atoms with Gasteiger partial charge in [0.05, 0.1) is 0 Å². The van der Waals surface area contributed by atoms with Gasteiger partial charge < -0.3 is 15.3 Å². The Morgan fingerprint density at radius 3 is 3.00 bits per heavy atom. The van der Waals surface area contributed by atoms with Gasteiger partial charge in [0.1, 0.15) is 5.82 Å². The summed E-state index contributed by atoms with van der Waals surface area (Å²) in [5, 5.41) is 12.4. The molecule has 3 nitrogen and oxygen atoms in total. The Balaban J connectivity index is 2.25. The number of benzene rings is 1. The summed E-state index contributed by atoms with van der Waals surface area (Å²) < 4.78 is 13.7. The molecule has 2 unspecified atom stereocenters. The molecule has 1 aromatic carbocycles. The second kappa shape index (κ2) is 7.76. The summed E-state index contributed by atoms with van der Waals surface area (Å²) in [5.74, 6) is -0.176. The van der Waals surface area contributed by atoms with Gasteiger partial charge in [0.25, 0.3) is 0 Å². The van der Waals surface area contributed by atoms with Gasteiger partial charge in [-0.1, -0.05) is 6.92 Å². The number of anilines is 1. The standard InChI is InChI=1S/C17H27FN2O/c1-3-19-13(2)16-12-14(18)8-9-17(16)20-10-4-6-15(20)7-5-11-21/h8-9,12-13,15,19,21H,3-7,10-11H2,1-2H3. The van der Waals surface area contributed by atoms with Crippen LogP contribution in [0.5, 0.6) is 0 Å². The van der Waals surface area contributed by atoms with E-state index in [4.69, 9.17) is 5.11 Å². The summed E-state index contributed by atoms with van der Waals surface area (Å²) in [6.45, 7) is 6.28. The van der Waals surface area contributed by atoms with Gasteiger partial charge in [-0.3, -0.25) is 0 Å². The predicted octanol–water partition coefficient (Wildman–Crippen LogP) is 3.24. The van der Waals surface area contributed by atoms with E-state index in [1.54, 1.807) is 12.1 Å². The van der Waals surface area contributed by atoms with Crippen LogP contribution in [0.4, 0.5) is 10.1 Å². The van der Waals surface area contributed by atoms with Gasteiger partial charge in [-0.05, 0) is 62.9 Å². The molecular formula is C17H27FN2O. The van der Waals surface area contributed by atoms with Crippen molar-refractivity contribution in [2.75, 3.05) is 24.6 Å². The van der Waals surface area contributed by atoms with E-state index in [0.29, 0.717) is 6.04 Å². The summed E-state index contributed by atoms with van der Waals surface area (Å²) in [6, 6.07) is 5.73. The molecule has 0 amide bonds. The third kappa shape index (κ3) is 3.95. The van der Waals surface area contributed by atoms with E-state index in [1.807, 2.05) is 6.07 Å². The van der Waals surface area contributed by atoms with Gasteiger partial charge in [0, 0.05) is 30.9 Å². The van der Waals surface area contributed by atoms with Crippen molar-refractivity contribution in [3.8, 4) is 0 Å². The van der Waals surface area contributed by atoms with Crippen molar-refractivity contribution in [1.29, 1.82) is 0 Å². The number of nitrogens with one attached hydrogen (secondary N) is 1. The van der Waals surface area contributed by atoms with E-state index in [2.05, 4.69) is 24.1 Å². The SMILES string of the molecule is CCNC(C)c1cc(F)ccc1N1CCCC1CCCO. The van der Waals surface area contributed by atoms with Gasteiger partial charge in [-0.2, -0.15) is 0 Å². The molecule has 1 fully saturated rings. The Morgan fingerprint density at radius 2 is 2.29 bits per heavy atom. The third-order valence-electron chi connectivity index (χ3n) is 4.35. The summed E-state index contributed by atoms with van der Waals surface area (Å²) in [5.41, 5.74) is 2.18. The highest BCUT2D eigenvalue weighted by Gasteiger charge is 2.27. The minimum absolute atomic E-state index is 0.139. The van der Waals surface area contributed by atoms with E-state index in [-0.39, 0.29) is 18.5 Å². The molecule has 1 aliphatic heterocycles. The highest BCUT2D eigenvalue weighted by molar-refractivity contribution is 5.56. The predicted molar refractivity (Wildman–Crippen MR) is 85.2 cm³/mol. The first-order chi connectivity index (χ1) is 10.2. The molecule has 0 spiro atoms. The van der Waals surface area contributed by atoms with E-state index in [1.165, 1.54) is 6.42 Å². The van der Waals surface area contributed by atoms with Gasteiger partial charge in [0.15, 0.2) is 0 Å². The average Bonchev–Trinajstić information content (AvgIpc) is 2.93. The largest absolute Gasteiger partial charge is 0.396 e. The second-order valence-corrected chi connectivity index (χ2v) is 5.84. The molecule has 1 saturated heterocycles. The molecule has 2 atom stereocenters. The lowest BCUT2D eigenvalue weighted by Gasteiger charge is -2.30. The molecule has 21 heavy (non-hydrogen) atoms. The molecule has 0 bridgehead atoms. The van der Waals surface area contributed by atoms with Crippen LogP contribution in [0.15, 0.2) is 18.2 Å². The first kappa shape index (κ1) is 16.2. The summed E-state index contributed by atoms with van der Waals surface area (Å²) in [4.78, 5) is 2.40. The van der Waals surface area contributed by atoms with Crippen molar-refractivity contribution < 1.29 is 9.50 Å². The Bertz CT molecular complexity index is 452. The number of hydrogen-bond acceptors (Lipinski definition) is 3. The van der Waals surface area contributed by atoms with Crippen LogP contribution in [0.25, 0.3) is 0 Å². The zero-order valence-electron chi connectivity index (χ0n) is 13.1. The maximum absolute atomic E-state index is 13.7. The van der Waals surface area contributed by atoms with Crippen LogP contribution in [0.1, 0.15) is 51.1 Å². The topological polar surface area (TPSA) is 35.5 Å². The first-order valence-corrected chi connectivity index (χ1v) is 8.07. The molecule has 1 heterocycles. The first-order valence-electron chi connectivity index (χ1n) is 8.07. The van der Waals surface area contributed by atoms with Crippen LogP contribution in [0, 0.1) is 5.82 Å². The number of hydrogen-bond donors (Lipinski definition) is 2. The van der Waals surface area contributed by atoms with Crippen molar-refractivity contribution in [2.45, 2.75) is 51.6 Å². The fourth-order valence-electron chi connectivity index (χ4n) is 3.33. The third-order valence-corrected chi connectivity index (χ3v) is 4.35. The van der Waals surface area contributed by atoms with E-state index >= 15 is 0 Å². The molecule has 0 aliphatic carbocycles. The van der Waals surface area contributed by atoms with Crippen molar-refractivity contribution in [3.63, 3.8) is 0 Å². The molecule has 0 saturated carbocycles. The Morgan fingerprint density at radius 1 is 1.48 bits per heavy atom. The lowest BCUT2D eigenvalue weighted by molar-refractivity contribution is 0.279. The molecule has 2 rings (SSSR count). The van der Waals surface area contributed by atoms with Gasteiger partial charge in [-0.25, -0.2) is 4.39 Å². The summed E-state index contributed by atoms with van der Waals surface area (Å²) >= 11 is 0. The second-order valence-electron chi connectivity index (χ2n) is 5.84. The molecule has 0 radical (unpaired) electrons. The average molecular weight is 294 g/mol. The minimum atomic E-state index is -0.176. The number of halogens is 1. The van der Waals surface area contributed by atoms with Gasteiger partial charge >= 0.3 is 0 Å². The van der Waals surface area contributed by atoms with Crippen LogP contribution in [0.2, 0.25) is 0 Å². The number of aliphatic hydroxyl groups is 1. The number of aliphatic hydroxyl groups excluding tert-OH is 1. The molecule has 2 N–H and O–H groups in total. The molecule has 0 aromatic heterocycles. The molecular weight excluding hydrogens is 267 g/mol. The fourth-order valence-corrected chi connectivity index (χ4v) is 3.33. The number of rotatable bonds is 7. The maximum atomic E-state index is 13.7. The monoisotopic (exact) mass is 294 g/mol. The van der Waals surface area contributed by atoms with Crippen LogP contribution < -0.4 is 10.2 Å². The molecule has 1 aliphatic rings. The Hall–Kier alpha value is -1.13. The Kier molecular flexibility index (Phi) is 6.00. The van der Waals surface area contributed by atoms with Crippen LogP contribution >= 0.6 is 0 Å². The summed E-state index contributed by atoms with van der Waals surface area (Å²) in [7, 11) is 0. The molecule has 1 aromatic rings. The lowest BCUT2D eigenvalue weighted by Crippen LogP contribution is -2.31. The molecule has 118 valence electrons. The van der Waals surface area contributed by atoms with Crippen molar-refractivity contribution >= 4 is 5.69 Å². The zero-order chi connectivity index (χ0) is 15.2. The fraction of sp³-hybridized carbons (Fsp3) is 0.647. The van der Waals surface area contributed by atoms with Crippen molar-refractivity contribution in [3.05, 3.63) is 29.6 Å². The smallest absolute Gasteiger partial charge is 0.123 e. The quantitative estimate of drug-likeness (QED) is 0.810. The van der Waals surface area contributed by atoms with Crippen LogP contribution in [0.3, 0.4) is 0 Å². The van der Waals surface area contributed by atoms with Crippen LogP contribution in [-0.4, -0.2) is 30.8 Å². The number of nitrogens with zero attached hydrogens (tertiary/aromatic N) is 1. The van der Waals surface area contributed by atoms with E-state index < -0.39 is 0 Å². The van der Waals surface area contributed by atoms with Crippen molar-refractivity contribution in [1.82, 2.24) is 5.32 Å². The van der Waals surface area contributed by atoms with Gasteiger partial charge in [-0.15, -0.1) is 0 Å². The van der Waals surface area contributed by atoms with Crippen LogP contribution in [-0.2, 0) is 0 Å². The Labute approximate surface area is 127 Å². The highest BCUT2D eigenvalue weighted by atomic mass is 19.1.